The highest BCUT2D eigenvalue weighted by molar-refractivity contribution is 5.55. The Hall–Kier alpha value is -1.10. The van der Waals surface area contributed by atoms with E-state index in [0.29, 0.717) is 6.04 Å². The monoisotopic (exact) mass is 278 g/mol. The number of rotatable bonds is 10. The fourth-order valence-corrected chi connectivity index (χ4v) is 2.41. The number of benzene rings is 1. The molecule has 20 heavy (non-hydrogen) atoms. The molecule has 2 rings (SSSR count). The zero-order valence-electron chi connectivity index (χ0n) is 12.6. The van der Waals surface area contributed by atoms with E-state index in [0.717, 1.165) is 32.8 Å². The summed E-state index contributed by atoms with van der Waals surface area (Å²) in [5.41, 5.74) is 2.70. The largest absolute Gasteiger partial charge is 0.383 e. The lowest BCUT2D eigenvalue weighted by Crippen LogP contribution is -2.31. The van der Waals surface area contributed by atoms with E-state index in [1.165, 1.54) is 24.1 Å². The zero-order valence-corrected chi connectivity index (χ0v) is 12.6. The van der Waals surface area contributed by atoms with Gasteiger partial charge >= 0.3 is 0 Å². The van der Waals surface area contributed by atoms with Crippen LogP contribution in [-0.2, 0) is 16.0 Å². The van der Waals surface area contributed by atoms with Gasteiger partial charge in [0.1, 0.15) is 0 Å². The van der Waals surface area contributed by atoms with E-state index in [1.54, 1.807) is 14.2 Å². The Morgan fingerprint density at radius 1 is 1.15 bits per heavy atom. The molecule has 1 fully saturated rings. The minimum absolute atomic E-state index is 0.699. The van der Waals surface area contributed by atoms with Crippen molar-refractivity contribution in [3.63, 3.8) is 0 Å². The fraction of sp³-hybridized carbons (Fsp3) is 0.625. The first kappa shape index (κ1) is 15.3. The van der Waals surface area contributed by atoms with Gasteiger partial charge in [0.25, 0.3) is 0 Å². The van der Waals surface area contributed by atoms with Crippen LogP contribution in [0.2, 0.25) is 0 Å². The Bertz CT molecular complexity index is 394. The van der Waals surface area contributed by atoms with E-state index in [-0.39, 0.29) is 0 Å². The highest BCUT2D eigenvalue weighted by Crippen LogP contribution is 2.33. The number of ether oxygens (including phenoxy) is 2. The molecular weight excluding hydrogens is 252 g/mol. The maximum atomic E-state index is 5.25. The van der Waals surface area contributed by atoms with E-state index >= 15 is 0 Å². The van der Waals surface area contributed by atoms with Crippen LogP contribution >= 0.6 is 0 Å². The molecule has 1 aromatic rings. The minimum atomic E-state index is 0.699. The van der Waals surface area contributed by atoms with Gasteiger partial charge in [-0.2, -0.15) is 0 Å². The predicted molar refractivity (Wildman–Crippen MR) is 82.3 cm³/mol. The van der Waals surface area contributed by atoms with Gasteiger partial charge in [-0.15, -0.1) is 0 Å². The summed E-state index contributed by atoms with van der Waals surface area (Å²) in [4.78, 5) is 2.50. The second-order valence-corrected chi connectivity index (χ2v) is 5.22. The van der Waals surface area contributed by atoms with Gasteiger partial charge in [-0.3, -0.25) is 0 Å². The number of para-hydroxylation sites is 1. The second-order valence-electron chi connectivity index (χ2n) is 5.22. The molecule has 0 bridgehead atoms. The number of nitrogens with zero attached hydrogens (tertiary/aromatic N) is 1. The Balaban J connectivity index is 2.00. The molecule has 1 aromatic carbocycles. The first-order chi connectivity index (χ1) is 9.86. The van der Waals surface area contributed by atoms with Crippen LogP contribution < -0.4 is 10.2 Å². The topological polar surface area (TPSA) is 33.7 Å². The van der Waals surface area contributed by atoms with Gasteiger partial charge in [-0.25, -0.2) is 0 Å². The third-order valence-electron chi connectivity index (χ3n) is 3.62. The van der Waals surface area contributed by atoms with Crippen molar-refractivity contribution in [2.24, 2.45) is 0 Å². The lowest BCUT2D eigenvalue weighted by Gasteiger charge is -2.27. The number of methoxy groups -OCH3 is 2. The van der Waals surface area contributed by atoms with Crippen LogP contribution in [0.5, 0.6) is 0 Å². The van der Waals surface area contributed by atoms with Crippen LogP contribution in [0.25, 0.3) is 0 Å². The third-order valence-corrected chi connectivity index (χ3v) is 3.62. The summed E-state index contributed by atoms with van der Waals surface area (Å²) in [5, 5.41) is 3.43. The van der Waals surface area contributed by atoms with Crippen molar-refractivity contribution in [2.75, 3.05) is 45.4 Å². The molecule has 0 radical (unpaired) electrons. The quantitative estimate of drug-likeness (QED) is 0.664. The molecule has 0 spiro atoms. The van der Waals surface area contributed by atoms with E-state index in [2.05, 4.69) is 34.5 Å². The Labute approximate surface area is 122 Å². The van der Waals surface area contributed by atoms with Gasteiger partial charge in [0.2, 0.25) is 0 Å². The van der Waals surface area contributed by atoms with E-state index < -0.39 is 0 Å². The molecule has 0 amide bonds. The van der Waals surface area contributed by atoms with Crippen molar-refractivity contribution in [2.45, 2.75) is 25.4 Å². The summed E-state index contributed by atoms with van der Waals surface area (Å²) in [6.45, 7) is 4.26. The number of anilines is 1. The van der Waals surface area contributed by atoms with Crippen LogP contribution in [0.15, 0.2) is 24.3 Å². The fourth-order valence-electron chi connectivity index (χ4n) is 2.41. The summed E-state index contributed by atoms with van der Waals surface area (Å²) in [6.07, 6.45) is 2.60. The SMILES string of the molecule is COCCNCc1ccccc1N(CCOC)C1CC1. The summed E-state index contributed by atoms with van der Waals surface area (Å²) >= 11 is 0. The van der Waals surface area contributed by atoms with Gasteiger partial charge in [0, 0.05) is 45.6 Å². The van der Waals surface area contributed by atoms with Crippen LogP contribution in [-0.4, -0.2) is 46.6 Å². The molecule has 1 saturated carbocycles. The van der Waals surface area contributed by atoms with Gasteiger partial charge < -0.3 is 19.7 Å². The zero-order chi connectivity index (χ0) is 14.2. The smallest absolute Gasteiger partial charge is 0.0637 e. The molecule has 4 heteroatoms. The van der Waals surface area contributed by atoms with Crippen molar-refractivity contribution in [1.29, 1.82) is 0 Å². The molecule has 1 aliphatic carbocycles. The highest BCUT2D eigenvalue weighted by atomic mass is 16.5. The van der Waals surface area contributed by atoms with Gasteiger partial charge in [0.05, 0.1) is 13.2 Å². The van der Waals surface area contributed by atoms with E-state index in [9.17, 15) is 0 Å². The molecule has 0 atom stereocenters. The molecule has 1 aliphatic rings. The van der Waals surface area contributed by atoms with Crippen LogP contribution in [0.3, 0.4) is 0 Å². The standard InChI is InChI=1S/C16H26N2O2/c1-19-11-9-17-13-14-5-3-4-6-16(14)18(10-12-20-2)15-7-8-15/h3-6,15,17H,7-13H2,1-2H3. The van der Waals surface area contributed by atoms with Crippen LogP contribution in [0, 0.1) is 0 Å². The van der Waals surface area contributed by atoms with E-state index in [4.69, 9.17) is 9.47 Å². The van der Waals surface area contributed by atoms with E-state index in [1.807, 2.05) is 0 Å². The van der Waals surface area contributed by atoms with Gasteiger partial charge in [-0.1, -0.05) is 18.2 Å². The molecule has 4 nitrogen and oxygen atoms in total. The molecule has 1 N–H and O–H groups in total. The summed E-state index contributed by atoms with van der Waals surface area (Å²) < 4.78 is 10.3. The van der Waals surface area contributed by atoms with Crippen molar-refractivity contribution >= 4 is 5.69 Å². The number of hydrogen-bond acceptors (Lipinski definition) is 4. The average Bonchev–Trinajstić information content (AvgIpc) is 3.30. The Kier molecular flexibility index (Phi) is 6.30. The van der Waals surface area contributed by atoms with Gasteiger partial charge in [0.15, 0.2) is 0 Å². The maximum Gasteiger partial charge on any atom is 0.0637 e. The molecule has 112 valence electrons. The molecule has 0 saturated heterocycles. The summed E-state index contributed by atoms with van der Waals surface area (Å²) in [6, 6.07) is 9.36. The molecule has 0 aromatic heterocycles. The Morgan fingerprint density at radius 2 is 1.90 bits per heavy atom. The number of nitrogens with one attached hydrogen (secondary N) is 1. The first-order valence-corrected chi connectivity index (χ1v) is 7.40. The average molecular weight is 278 g/mol. The highest BCUT2D eigenvalue weighted by Gasteiger charge is 2.29. The second kappa shape index (κ2) is 8.25. The van der Waals surface area contributed by atoms with Gasteiger partial charge in [-0.05, 0) is 24.5 Å². The molecule has 0 unspecified atom stereocenters. The molecule has 0 aliphatic heterocycles. The lowest BCUT2D eigenvalue weighted by molar-refractivity contribution is 0.199. The molecular formula is C16H26N2O2. The maximum absolute atomic E-state index is 5.25. The Morgan fingerprint density at radius 3 is 2.60 bits per heavy atom. The van der Waals surface area contributed by atoms with Crippen molar-refractivity contribution in [1.82, 2.24) is 5.32 Å². The summed E-state index contributed by atoms with van der Waals surface area (Å²) in [5.74, 6) is 0. The lowest BCUT2D eigenvalue weighted by atomic mass is 10.1. The van der Waals surface area contributed by atoms with Crippen molar-refractivity contribution in [3.05, 3.63) is 29.8 Å². The predicted octanol–water partition coefficient (Wildman–Crippen LogP) is 2.04. The normalized spacial score (nSPS) is 14.5. The van der Waals surface area contributed by atoms with Crippen LogP contribution in [0.4, 0.5) is 5.69 Å². The van der Waals surface area contributed by atoms with Crippen molar-refractivity contribution < 1.29 is 9.47 Å². The van der Waals surface area contributed by atoms with Crippen molar-refractivity contribution in [3.8, 4) is 0 Å². The molecule has 0 heterocycles. The first-order valence-electron chi connectivity index (χ1n) is 7.40. The van der Waals surface area contributed by atoms with Crippen LogP contribution in [0.1, 0.15) is 18.4 Å². The summed E-state index contributed by atoms with van der Waals surface area (Å²) in [7, 11) is 3.50. The minimum Gasteiger partial charge on any atom is -0.383 e. The number of hydrogen-bond donors (Lipinski definition) is 1. The third kappa shape index (κ3) is 4.47.